The fourth-order valence-electron chi connectivity index (χ4n) is 1.85. The van der Waals surface area contributed by atoms with Gasteiger partial charge in [-0.15, -0.1) is 0 Å². The SMILES string of the molecule is CC(=O)OC[C@H]1O[C@H](I)[C@H](F)[C@@H](OC(C)=O)[C@H]1OC(C)=O. The molecule has 120 valence electrons. The molecule has 1 aliphatic heterocycles. The van der Waals surface area contributed by atoms with Crippen molar-refractivity contribution < 1.29 is 37.7 Å². The number of hydrogen-bond acceptors (Lipinski definition) is 7. The van der Waals surface area contributed by atoms with E-state index >= 15 is 0 Å². The van der Waals surface area contributed by atoms with Crippen LogP contribution >= 0.6 is 22.6 Å². The van der Waals surface area contributed by atoms with E-state index in [0.717, 1.165) is 13.8 Å². The third kappa shape index (κ3) is 5.38. The highest BCUT2D eigenvalue weighted by molar-refractivity contribution is 14.1. The van der Waals surface area contributed by atoms with Gasteiger partial charge in [0.15, 0.2) is 18.4 Å². The second kappa shape index (κ2) is 7.87. The molecule has 9 heteroatoms. The first-order chi connectivity index (χ1) is 9.72. The highest BCUT2D eigenvalue weighted by atomic mass is 127. The average Bonchev–Trinajstić information content (AvgIpc) is 2.35. The van der Waals surface area contributed by atoms with Gasteiger partial charge in [-0.25, -0.2) is 4.39 Å². The fourth-order valence-corrected chi connectivity index (χ4v) is 2.64. The molecule has 0 radical (unpaired) electrons. The largest absolute Gasteiger partial charge is 0.463 e. The third-order valence-electron chi connectivity index (χ3n) is 2.61. The predicted molar refractivity (Wildman–Crippen MR) is 75.3 cm³/mol. The summed E-state index contributed by atoms with van der Waals surface area (Å²) in [5.41, 5.74) is 0. The van der Waals surface area contributed by atoms with E-state index in [1.54, 1.807) is 22.6 Å². The maximum atomic E-state index is 14.2. The van der Waals surface area contributed by atoms with Crippen molar-refractivity contribution in [2.24, 2.45) is 0 Å². The molecule has 1 saturated heterocycles. The van der Waals surface area contributed by atoms with Crippen LogP contribution in [0, 0.1) is 0 Å². The minimum atomic E-state index is -1.67. The molecule has 0 aromatic carbocycles. The highest BCUT2D eigenvalue weighted by Gasteiger charge is 2.49. The van der Waals surface area contributed by atoms with Gasteiger partial charge in [0.05, 0.1) is 0 Å². The maximum absolute atomic E-state index is 14.2. The molecule has 0 aromatic rings. The first kappa shape index (κ1) is 18.1. The molecule has 0 bridgehead atoms. The summed E-state index contributed by atoms with van der Waals surface area (Å²) >= 11 is 1.69. The van der Waals surface area contributed by atoms with Crippen LogP contribution in [-0.2, 0) is 33.3 Å². The van der Waals surface area contributed by atoms with Crippen LogP contribution in [0.2, 0.25) is 0 Å². The van der Waals surface area contributed by atoms with Gasteiger partial charge < -0.3 is 18.9 Å². The summed E-state index contributed by atoms with van der Waals surface area (Å²) in [6.07, 6.45) is -5.10. The zero-order valence-corrected chi connectivity index (χ0v) is 13.9. The zero-order chi connectivity index (χ0) is 16.2. The quantitative estimate of drug-likeness (QED) is 0.290. The summed E-state index contributed by atoms with van der Waals surface area (Å²) < 4.78 is 33.3. The van der Waals surface area contributed by atoms with Gasteiger partial charge in [-0.3, -0.25) is 14.4 Å². The van der Waals surface area contributed by atoms with E-state index in [2.05, 4.69) is 0 Å². The van der Waals surface area contributed by atoms with E-state index in [1.165, 1.54) is 6.92 Å². The lowest BCUT2D eigenvalue weighted by molar-refractivity contribution is -0.218. The van der Waals surface area contributed by atoms with Crippen LogP contribution in [0.3, 0.4) is 0 Å². The Morgan fingerprint density at radius 3 is 2.05 bits per heavy atom. The van der Waals surface area contributed by atoms with Crippen LogP contribution in [-0.4, -0.2) is 53.1 Å². The molecular formula is C12H16FIO7. The summed E-state index contributed by atoms with van der Waals surface area (Å²) in [5.74, 6) is -1.96. The molecule has 21 heavy (non-hydrogen) atoms. The zero-order valence-electron chi connectivity index (χ0n) is 11.7. The van der Waals surface area contributed by atoms with Gasteiger partial charge >= 0.3 is 17.9 Å². The van der Waals surface area contributed by atoms with Crippen molar-refractivity contribution in [3.05, 3.63) is 0 Å². The van der Waals surface area contributed by atoms with Crippen molar-refractivity contribution in [2.75, 3.05) is 6.61 Å². The lowest BCUT2D eigenvalue weighted by atomic mass is 10.0. The molecule has 0 aliphatic carbocycles. The Labute approximate surface area is 134 Å². The summed E-state index contributed by atoms with van der Waals surface area (Å²) in [6.45, 7) is 3.22. The van der Waals surface area contributed by atoms with Gasteiger partial charge in [0.25, 0.3) is 0 Å². The van der Waals surface area contributed by atoms with E-state index in [-0.39, 0.29) is 6.61 Å². The smallest absolute Gasteiger partial charge is 0.303 e. The second-order valence-corrected chi connectivity index (χ2v) is 5.65. The second-order valence-electron chi connectivity index (χ2n) is 4.42. The third-order valence-corrected chi connectivity index (χ3v) is 3.59. The first-order valence-corrected chi connectivity index (χ1v) is 7.38. The number of carbonyl (C=O) groups is 3. The number of esters is 3. The lowest BCUT2D eigenvalue weighted by Crippen LogP contribution is -2.58. The van der Waals surface area contributed by atoms with Gasteiger partial charge in [-0.1, -0.05) is 0 Å². The number of hydrogen-bond donors (Lipinski definition) is 0. The van der Waals surface area contributed by atoms with E-state index in [9.17, 15) is 18.8 Å². The molecule has 1 rings (SSSR count). The van der Waals surface area contributed by atoms with Gasteiger partial charge in [-0.2, -0.15) is 0 Å². The molecule has 5 atom stereocenters. The average molecular weight is 418 g/mol. The van der Waals surface area contributed by atoms with Gasteiger partial charge in [-0.05, 0) is 22.6 Å². The van der Waals surface area contributed by atoms with Crippen LogP contribution < -0.4 is 0 Å². The van der Waals surface area contributed by atoms with Gasteiger partial charge in [0, 0.05) is 20.8 Å². The number of alkyl halides is 2. The molecule has 0 amide bonds. The van der Waals surface area contributed by atoms with E-state index in [4.69, 9.17) is 18.9 Å². The van der Waals surface area contributed by atoms with Crippen LogP contribution in [0.1, 0.15) is 20.8 Å². The Hall–Kier alpha value is -0.970. The molecule has 1 fully saturated rings. The highest BCUT2D eigenvalue weighted by Crippen LogP contribution is 2.31. The molecule has 0 saturated carbocycles. The number of carbonyl (C=O) groups excluding carboxylic acids is 3. The number of rotatable bonds is 4. The molecule has 0 spiro atoms. The summed E-state index contributed by atoms with van der Waals surface area (Å²) in [7, 11) is 0. The van der Waals surface area contributed by atoms with Crippen molar-refractivity contribution in [1.29, 1.82) is 0 Å². The Kier molecular flexibility index (Phi) is 6.78. The predicted octanol–water partition coefficient (Wildman–Crippen LogP) is 0.911. The molecule has 1 aliphatic rings. The van der Waals surface area contributed by atoms with Crippen LogP contribution in [0.15, 0.2) is 0 Å². The minimum Gasteiger partial charge on any atom is -0.463 e. The maximum Gasteiger partial charge on any atom is 0.303 e. The first-order valence-electron chi connectivity index (χ1n) is 6.13. The summed E-state index contributed by atoms with van der Waals surface area (Å²) in [4.78, 5) is 33.1. The molecule has 0 aromatic heterocycles. The van der Waals surface area contributed by atoms with E-state index < -0.39 is 46.5 Å². The Morgan fingerprint density at radius 1 is 1.05 bits per heavy atom. The Balaban J connectivity index is 2.94. The monoisotopic (exact) mass is 418 g/mol. The lowest BCUT2D eigenvalue weighted by Gasteiger charge is -2.40. The van der Waals surface area contributed by atoms with Crippen LogP contribution in [0.25, 0.3) is 0 Å². The summed E-state index contributed by atoms with van der Waals surface area (Å²) in [6, 6.07) is 0. The molecular weight excluding hydrogens is 402 g/mol. The van der Waals surface area contributed by atoms with Crippen molar-refractivity contribution in [3.8, 4) is 0 Å². The number of ether oxygens (including phenoxy) is 4. The van der Waals surface area contributed by atoms with Crippen LogP contribution in [0.4, 0.5) is 4.39 Å². The van der Waals surface area contributed by atoms with E-state index in [1.807, 2.05) is 0 Å². The number of halogens is 2. The molecule has 7 nitrogen and oxygen atoms in total. The van der Waals surface area contributed by atoms with Crippen molar-refractivity contribution >= 4 is 40.5 Å². The van der Waals surface area contributed by atoms with Crippen LogP contribution in [0.5, 0.6) is 0 Å². The van der Waals surface area contributed by atoms with Crippen molar-refractivity contribution in [2.45, 2.75) is 49.4 Å². The topological polar surface area (TPSA) is 88.1 Å². The van der Waals surface area contributed by atoms with Gasteiger partial charge in [0.2, 0.25) is 0 Å². The van der Waals surface area contributed by atoms with Gasteiger partial charge in [0.1, 0.15) is 16.8 Å². The fraction of sp³-hybridized carbons (Fsp3) is 0.750. The normalized spacial score (nSPS) is 32.1. The standard InChI is InChI=1S/C12H16FIO7/c1-5(15)18-4-8-10(19-6(2)16)11(20-7(3)17)9(13)12(14)21-8/h8-12H,4H2,1-3H3/t8-,9-,10+,11-,12+/m1/s1. The van der Waals surface area contributed by atoms with Crippen molar-refractivity contribution in [3.63, 3.8) is 0 Å². The Morgan fingerprint density at radius 2 is 1.57 bits per heavy atom. The Bertz CT molecular complexity index is 416. The minimum absolute atomic E-state index is 0.239. The van der Waals surface area contributed by atoms with E-state index in [0.29, 0.717) is 0 Å². The summed E-state index contributed by atoms with van der Waals surface area (Å²) in [5, 5.41) is 0. The molecule has 1 heterocycles. The molecule has 0 unspecified atom stereocenters. The van der Waals surface area contributed by atoms with Crippen molar-refractivity contribution in [1.82, 2.24) is 0 Å². The molecule has 0 N–H and O–H groups in total.